The summed E-state index contributed by atoms with van der Waals surface area (Å²) in [6, 6.07) is 28.5. The summed E-state index contributed by atoms with van der Waals surface area (Å²) >= 11 is 10.1. The van der Waals surface area contributed by atoms with E-state index in [9.17, 15) is 19.2 Å². The van der Waals surface area contributed by atoms with Crippen LogP contribution in [0.1, 0.15) is 101 Å². The maximum absolute atomic E-state index is 11.6. The smallest absolute Gasteiger partial charge is 0.337 e. The van der Waals surface area contributed by atoms with E-state index in [-0.39, 0.29) is 17.9 Å². The maximum atomic E-state index is 11.6. The molecule has 0 bridgehead atoms. The van der Waals surface area contributed by atoms with E-state index < -0.39 is 5.97 Å². The van der Waals surface area contributed by atoms with Gasteiger partial charge in [-0.2, -0.15) is 0 Å². The fourth-order valence-electron chi connectivity index (χ4n) is 8.77. The molecule has 406 valence electrons. The molecule has 3 heterocycles. The van der Waals surface area contributed by atoms with Crippen LogP contribution in [-0.2, 0) is 59.2 Å². The molecule has 0 unspecified atom stereocenters. The molecule has 2 fully saturated rings. The van der Waals surface area contributed by atoms with Crippen LogP contribution in [-0.4, -0.2) is 124 Å². The lowest BCUT2D eigenvalue weighted by molar-refractivity contribution is 0.0592. The minimum Gasteiger partial charge on any atom is -0.478 e. The topological polar surface area (TPSA) is 168 Å². The van der Waals surface area contributed by atoms with E-state index in [2.05, 4.69) is 83.1 Å². The Morgan fingerprint density at radius 3 is 1.32 bits per heavy atom. The van der Waals surface area contributed by atoms with Crippen molar-refractivity contribution < 1.29 is 57.4 Å². The van der Waals surface area contributed by atoms with Gasteiger partial charge in [-0.3, -0.25) is 0 Å². The van der Waals surface area contributed by atoms with E-state index in [1.54, 1.807) is 52.7 Å². The van der Waals surface area contributed by atoms with Crippen molar-refractivity contribution in [1.82, 2.24) is 13.7 Å². The molecule has 10 rings (SSSR count). The number of ether oxygens (including phenoxy) is 7. The highest BCUT2D eigenvalue weighted by molar-refractivity contribution is 9.11. The Morgan fingerprint density at radius 2 is 0.908 bits per heavy atom. The number of carbonyl (C=O) groups excluding carboxylic acids is 3. The van der Waals surface area contributed by atoms with Crippen LogP contribution in [0.25, 0.3) is 38.8 Å². The number of aromatic carboxylic acids is 1. The molecule has 2 saturated carbocycles. The number of hydrogen-bond donors (Lipinski definition) is 1. The Morgan fingerprint density at radius 1 is 0.513 bits per heavy atom. The number of alkyl halides is 1. The quantitative estimate of drug-likeness (QED) is 0.0521. The average molecular weight is 1240 g/mol. The Labute approximate surface area is 468 Å². The highest BCUT2D eigenvalue weighted by Crippen LogP contribution is 2.43. The van der Waals surface area contributed by atoms with Crippen molar-refractivity contribution >= 4 is 110 Å². The van der Waals surface area contributed by atoms with Crippen LogP contribution in [0.5, 0.6) is 0 Å². The van der Waals surface area contributed by atoms with Gasteiger partial charge in [-0.25, -0.2) is 19.2 Å². The highest BCUT2D eigenvalue weighted by atomic mass is 79.9. The summed E-state index contributed by atoms with van der Waals surface area (Å²) in [5.74, 6) is -0.468. The predicted octanol–water partition coefficient (Wildman–Crippen LogP) is 12.4. The molecule has 15 nitrogen and oxygen atoms in total. The first kappa shape index (κ1) is 59.6. The number of halogens is 3. The second kappa shape index (κ2) is 29.2. The Balaban J connectivity index is 0.000000161. The van der Waals surface area contributed by atoms with Crippen LogP contribution in [0.15, 0.2) is 100 Å². The van der Waals surface area contributed by atoms with Gasteiger partial charge in [0.05, 0.1) is 74.6 Å². The summed E-state index contributed by atoms with van der Waals surface area (Å²) in [5, 5.41) is 13.1. The Hall–Kier alpha value is -5.60. The summed E-state index contributed by atoms with van der Waals surface area (Å²) in [5.41, 5.74) is 10.4. The second-order valence-corrected chi connectivity index (χ2v) is 20.7. The van der Waals surface area contributed by atoms with Crippen LogP contribution in [0, 0.1) is 0 Å². The van der Waals surface area contributed by atoms with Crippen LogP contribution in [0.4, 0.5) is 0 Å². The predicted molar refractivity (Wildman–Crippen MR) is 307 cm³/mol. The number of carboxylic acid groups (broad SMARTS) is 1. The number of esters is 3. The second-order valence-electron chi connectivity index (χ2n) is 18.1. The van der Waals surface area contributed by atoms with E-state index in [0.29, 0.717) is 53.9 Å². The number of fused-ring (bicyclic) bond motifs is 4. The molecule has 0 radical (unpaired) electrons. The molecular weight excluding hydrogens is 1170 g/mol. The molecule has 0 atom stereocenters. The molecule has 18 heteroatoms. The number of aromatic nitrogens is 3. The normalized spacial score (nSPS) is 13.2. The van der Waals surface area contributed by atoms with Gasteiger partial charge in [0.2, 0.25) is 0 Å². The molecule has 76 heavy (non-hydrogen) atoms. The van der Waals surface area contributed by atoms with Gasteiger partial charge >= 0.3 is 23.9 Å². The van der Waals surface area contributed by atoms with E-state index in [4.69, 9.17) is 28.8 Å². The van der Waals surface area contributed by atoms with E-state index in [1.165, 1.54) is 64.0 Å². The number of carbonyl (C=O) groups is 4. The number of hydrogen-bond acceptors (Lipinski definition) is 11. The molecule has 0 spiro atoms. The molecular formula is C58H66Br3N3O12. The minimum absolute atomic E-state index is 0.287. The van der Waals surface area contributed by atoms with Crippen LogP contribution in [0.3, 0.4) is 0 Å². The minimum atomic E-state index is -0.875. The van der Waals surface area contributed by atoms with Crippen LogP contribution < -0.4 is 0 Å². The molecule has 1 N–H and O–H groups in total. The molecule has 3 aliphatic carbocycles. The molecule has 4 aromatic carbocycles. The highest BCUT2D eigenvalue weighted by Gasteiger charge is 2.29. The van der Waals surface area contributed by atoms with Crippen molar-refractivity contribution in [1.29, 1.82) is 0 Å². The van der Waals surface area contributed by atoms with Gasteiger partial charge in [0, 0.05) is 108 Å². The van der Waals surface area contributed by atoms with E-state index in [0.717, 1.165) is 85.3 Å². The lowest BCUT2D eigenvalue weighted by Crippen LogP contribution is -2.07. The lowest BCUT2D eigenvalue weighted by Gasteiger charge is -2.09. The van der Waals surface area contributed by atoms with Gasteiger partial charge in [0.15, 0.2) is 0 Å². The summed E-state index contributed by atoms with van der Waals surface area (Å²) < 4.78 is 43.0. The van der Waals surface area contributed by atoms with Crippen LogP contribution >= 0.6 is 47.8 Å². The largest absolute Gasteiger partial charge is 0.478 e. The SMILES string of the molecule is COC(=O)c1ccc2c(c1)C=C(Br)C2.COCCBr.COCCn1c(Br)cc2cc(C(=O)OC)ccc21.COCCn1c(C2CC2)cc2cc(C(=O)O)ccc21.COCCn1c(C2CC2)cc2cc(C(=O)OC)ccc21. The molecule has 3 aliphatic rings. The summed E-state index contributed by atoms with van der Waals surface area (Å²) in [7, 11) is 11.0. The molecule has 0 amide bonds. The van der Waals surface area contributed by atoms with E-state index in [1.807, 2.05) is 60.7 Å². The number of benzene rings is 4. The Kier molecular flexibility index (Phi) is 22.9. The van der Waals surface area contributed by atoms with Gasteiger partial charge in [0.1, 0.15) is 0 Å². The van der Waals surface area contributed by atoms with Crippen molar-refractivity contribution in [3.05, 3.63) is 145 Å². The van der Waals surface area contributed by atoms with Crippen LogP contribution in [0.2, 0.25) is 0 Å². The van der Waals surface area contributed by atoms with Crippen molar-refractivity contribution in [2.45, 2.75) is 63.6 Å². The third kappa shape index (κ3) is 15.8. The number of carboxylic acids is 1. The fourth-order valence-corrected chi connectivity index (χ4v) is 10.3. The first-order chi connectivity index (χ1) is 36.7. The zero-order chi connectivity index (χ0) is 54.9. The van der Waals surface area contributed by atoms with Crippen molar-refractivity contribution in [3.63, 3.8) is 0 Å². The average Bonchev–Trinajstić information content (AvgIpc) is 4.34. The number of allylic oxidation sites excluding steroid dienone is 1. The standard InChI is InChI=1S/C16H19NO3.C15H17NO3.C13H14BrNO3.C11H9BrO2.C3H7BrO/c1-19-8-7-17-14-6-5-12(16(18)20-2)9-13(14)10-15(17)11-3-4-11;1-19-7-6-16-13-5-4-11(15(17)18)8-12(13)9-14(16)10-2-3-10;1-17-6-5-15-11-4-3-9(13(16)18-2)7-10(11)8-12(15)14;1-14-11(13)8-3-2-7-5-10(12)6-9(7)4-8;1-5-3-2-4/h5-6,9-11H,3-4,7-8H2,1-2H3;4-5,8-10H,2-3,6-7H2,1H3,(H,17,18);3-4,7-8H,5-6H2,1-2H3;2-4,6H,5H2,1H3;2-3H2,1H3. The first-order valence-corrected chi connectivity index (χ1v) is 27.5. The molecule has 3 aromatic heterocycles. The van der Waals surface area contributed by atoms with Crippen molar-refractivity contribution in [2.24, 2.45) is 0 Å². The first-order valence-electron chi connectivity index (χ1n) is 24.8. The zero-order valence-electron chi connectivity index (χ0n) is 44.0. The van der Waals surface area contributed by atoms with Crippen molar-refractivity contribution in [2.75, 3.05) is 81.5 Å². The monoisotopic (exact) mass is 1230 g/mol. The van der Waals surface area contributed by atoms with Gasteiger partial charge in [-0.15, -0.1) is 0 Å². The zero-order valence-corrected chi connectivity index (χ0v) is 48.8. The number of nitrogens with zero attached hydrogens (tertiary/aromatic N) is 3. The third-order valence-corrected chi connectivity index (χ3v) is 14.4. The lowest BCUT2D eigenvalue weighted by atomic mass is 10.1. The van der Waals surface area contributed by atoms with Gasteiger partial charge < -0.3 is 52.0 Å². The fraction of sp³-hybridized carbons (Fsp3) is 0.379. The van der Waals surface area contributed by atoms with Gasteiger partial charge in [0.25, 0.3) is 0 Å². The maximum Gasteiger partial charge on any atom is 0.337 e. The molecule has 0 aliphatic heterocycles. The van der Waals surface area contributed by atoms with Gasteiger partial charge in [-0.1, -0.05) is 37.9 Å². The summed E-state index contributed by atoms with van der Waals surface area (Å²) in [6.45, 7) is 5.24. The molecule has 7 aromatic rings. The number of rotatable bonds is 17. The Bertz CT molecular complexity index is 3150. The molecule has 0 saturated heterocycles. The van der Waals surface area contributed by atoms with E-state index >= 15 is 0 Å². The summed E-state index contributed by atoms with van der Waals surface area (Å²) in [4.78, 5) is 45.3. The summed E-state index contributed by atoms with van der Waals surface area (Å²) in [6.07, 6.45) is 7.92. The number of methoxy groups -OCH3 is 7. The van der Waals surface area contributed by atoms with Gasteiger partial charge in [-0.05, 0) is 156 Å². The third-order valence-electron chi connectivity index (χ3n) is 12.9. The van der Waals surface area contributed by atoms with Crippen molar-refractivity contribution in [3.8, 4) is 0 Å².